The van der Waals surface area contributed by atoms with E-state index in [0.29, 0.717) is 18.7 Å². The van der Waals surface area contributed by atoms with Crippen molar-refractivity contribution >= 4 is 11.0 Å². The third-order valence-corrected chi connectivity index (χ3v) is 3.05. The van der Waals surface area contributed by atoms with Gasteiger partial charge in [-0.15, -0.1) is 0 Å². The summed E-state index contributed by atoms with van der Waals surface area (Å²) >= 11 is 0. The van der Waals surface area contributed by atoms with Gasteiger partial charge in [-0.25, -0.2) is 4.39 Å². The molecule has 0 amide bonds. The molecule has 0 aliphatic carbocycles. The number of hydrogen-bond donors (Lipinski definition) is 1. The Hall–Kier alpha value is -2.13. The Morgan fingerprint density at radius 2 is 1.74 bits per heavy atom. The fraction of sp³-hybridized carbons (Fsp3) is 0.125. The predicted molar refractivity (Wildman–Crippen MR) is 73.2 cm³/mol. The highest BCUT2D eigenvalue weighted by Crippen LogP contribution is 2.18. The summed E-state index contributed by atoms with van der Waals surface area (Å²) in [5, 5.41) is 4.27. The van der Waals surface area contributed by atoms with Crippen molar-refractivity contribution in [3.63, 3.8) is 0 Å². The number of fused-ring (bicyclic) bond motifs is 1. The zero-order chi connectivity index (χ0) is 13.1. The Kier molecular flexibility index (Phi) is 3.29. The van der Waals surface area contributed by atoms with E-state index in [1.165, 1.54) is 6.07 Å². The van der Waals surface area contributed by atoms with Crippen molar-refractivity contribution in [1.29, 1.82) is 0 Å². The minimum absolute atomic E-state index is 0.181. The molecule has 0 fully saturated rings. The summed E-state index contributed by atoms with van der Waals surface area (Å²) in [4.78, 5) is 0. The summed E-state index contributed by atoms with van der Waals surface area (Å²) in [5.41, 5.74) is 1.55. The molecule has 0 unspecified atom stereocenters. The number of halogens is 1. The lowest BCUT2D eigenvalue weighted by Crippen LogP contribution is -2.13. The Balaban J connectivity index is 1.65. The molecule has 3 aromatic rings. The second-order valence-corrected chi connectivity index (χ2v) is 4.45. The first-order chi connectivity index (χ1) is 9.33. The lowest BCUT2D eigenvalue weighted by molar-refractivity contribution is 0.507. The molecule has 3 heteroatoms. The van der Waals surface area contributed by atoms with Gasteiger partial charge < -0.3 is 9.73 Å². The fourth-order valence-electron chi connectivity index (χ4n) is 2.09. The standard InChI is InChI=1S/C16H14FNO/c17-15-7-3-1-6-13(15)10-18-11-14-9-12-5-2-4-8-16(12)19-14/h1-9,18H,10-11H2. The summed E-state index contributed by atoms with van der Waals surface area (Å²) in [6, 6.07) is 16.7. The predicted octanol–water partition coefficient (Wildman–Crippen LogP) is 3.86. The van der Waals surface area contributed by atoms with Crippen LogP contribution in [0.25, 0.3) is 11.0 Å². The van der Waals surface area contributed by atoms with Gasteiger partial charge in [0.25, 0.3) is 0 Å². The van der Waals surface area contributed by atoms with E-state index >= 15 is 0 Å². The molecule has 1 heterocycles. The first-order valence-electron chi connectivity index (χ1n) is 6.24. The molecule has 0 saturated heterocycles. The topological polar surface area (TPSA) is 25.2 Å². The molecular formula is C16H14FNO. The highest BCUT2D eigenvalue weighted by molar-refractivity contribution is 5.77. The minimum atomic E-state index is -0.181. The molecule has 0 bridgehead atoms. The number of para-hydroxylation sites is 1. The molecule has 0 atom stereocenters. The number of hydrogen-bond acceptors (Lipinski definition) is 2. The first-order valence-corrected chi connectivity index (χ1v) is 6.24. The van der Waals surface area contributed by atoms with Crippen LogP contribution in [0.1, 0.15) is 11.3 Å². The highest BCUT2D eigenvalue weighted by atomic mass is 19.1. The molecular weight excluding hydrogens is 241 g/mol. The largest absolute Gasteiger partial charge is 0.460 e. The van der Waals surface area contributed by atoms with Crippen molar-refractivity contribution in [3.05, 3.63) is 71.7 Å². The Labute approximate surface area is 110 Å². The van der Waals surface area contributed by atoms with E-state index in [2.05, 4.69) is 5.32 Å². The molecule has 0 radical (unpaired) electrons. The van der Waals surface area contributed by atoms with Gasteiger partial charge in [0.15, 0.2) is 0 Å². The molecule has 0 saturated carbocycles. The van der Waals surface area contributed by atoms with Gasteiger partial charge in [-0.2, -0.15) is 0 Å². The van der Waals surface area contributed by atoms with Crippen molar-refractivity contribution in [3.8, 4) is 0 Å². The smallest absolute Gasteiger partial charge is 0.134 e. The van der Waals surface area contributed by atoms with Gasteiger partial charge in [0.1, 0.15) is 17.2 Å². The van der Waals surface area contributed by atoms with Crippen LogP contribution in [0, 0.1) is 5.82 Å². The number of rotatable bonds is 4. The molecule has 2 nitrogen and oxygen atoms in total. The maximum atomic E-state index is 13.4. The average Bonchev–Trinajstić information content (AvgIpc) is 2.83. The van der Waals surface area contributed by atoms with E-state index in [1.807, 2.05) is 36.4 Å². The van der Waals surface area contributed by atoms with Gasteiger partial charge in [0, 0.05) is 17.5 Å². The van der Waals surface area contributed by atoms with Crippen LogP contribution >= 0.6 is 0 Å². The second kappa shape index (κ2) is 5.24. The zero-order valence-electron chi connectivity index (χ0n) is 10.4. The van der Waals surface area contributed by atoms with Crippen LogP contribution in [0.5, 0.6) is 0 Å². The van der Waals surface area contributed by atoms with Crippen LogP contribution < -0.4 is 5.32 Å². The Morgan fingerprint density at radius 1 is 0.947 bits per heavy atom. The summed E-state index contributed by atoms with van der Waals surface area (Å²) in [7, 11) is 0. The van der Waals surface area contributed by atoms with Crippen LogP contribution in [0.15, 0.2) is 59.0 Å². The van der Waals surface area contributed by atoms with Crippen LogP contribution in [-0.4, -0.2) is 0 Å². The molecule has 96 valence electrons. The van der Waals surface area contributed by atoms with E-state index < -0.39 is 0 Å². The molecule has 0 aliphatic rings. The van der Waals surface area contributed by atoms with Crippen molar-refractivity contribution in [2.45, 2.75) is 13.1 Å². The van der Waals surface area contributed by atoms with Gasteiger partial charge in [-0.1, -0.05) is 36.4 Å². The molecule has 1 aromatic heterocycles. The van der Waals surface area contributed by atoms with Crippen molar-refractivity contribution in [2.24, 2.45) is 0 Å². The Morgan fingerprint density at radius 3 is 2.58 bits per heavy atom. The van der Waals surface area contributed by atoms with Crippen LogP contribution in [0.4, 0.5) is 4.39 Å². The maximum absolute atomic E-state index is 13.4. The van der Waals surface area contributed by atoms with Crippen molar-refractivity contribution in [2.75, 3.05) is 0 Å². The quantitative estimate of drug-likeness (QED) is 0.765. The van der Waals surface area contributed by atoms with E-state index in [9.17, 15) is 4.39 Å². The van der Waals surface area contributed by atoms with Crippen LogP contribution in [-0.2, 0) is 13.1 Å². The normalized spacial score (nSPS) is 11.0. The molecule has 1 N–H and O–H groups in total. The summed E-state index contributed by atoms with van der Waals surface area (Å²) in [5.74, 6) is 0.678. The lowest BCUT2D eigenvalue weighted by Gasteiger charge is -2.03. The van der Waals surface area contributed by atoms with Crippen molar-refractivity contribution in [1.82, 2.24) is 5.32 Å². The lowest BCUT2D eigenvalue weighted by atomic mass is 10.2. The number of nitrogens with one attached hydrogen (secondary N) is 1. The molecule has 3 rings (SSSR count). The maximum Gasteiger partial charge on any atom is 0.134 e. The zero-order valence-corrected chi connectivity index (χ0v) is 10.4. The van der Waals surface area contributed by atoms with Crippen molar-refractivity contribution < 1.29 is 8.81 Å². The fourth-order valence-corrected chi connectivity index (χ4v) is 2.09. The monoisotopic (exact) mass is 255 g/mol. The third-order valence-electron chi connectivity index (χ3n) is 3.05. The van der Waals surface area contributed by atoms with Gasteiger partial charge in [0.05, 0.1) is 6.54 Å². The third kappa shape index (κ3) is 2.66. The van der Waals surface area contributed by atoms with Gasteiger partial charge in [0.2, 0.25) is 0 Å². The average molecular weight is 255 g/mol. The summed E-state index contributed by atoms with van der Waals surface area (Å²) in [6.45, 7) is 1.08. The number of benzene rings is 2. The molecule has 0 spiro atoms. The molecule has 0 aliphatic heterocycles. The van der Waals surface area contributed by atoms with Crippen LogP contribution in [0.3, 0.4) is 0 Å². The molecule has 2 aromatic carbocycles. The molecule has 19 heavy (non-hydrogen) atoms. The summed E-state index contributed by atoms with van der Waals surface area (Å²) in [6.07, 6.45) is 0. The van der Waals surface area contributed by atoms with E-state index in [4.69, 9.17) is 4.42 Å². The van der Waals surface area contributed by atoms with Gasteiger partial charge in [-0.3, -0.25) is 0 Å². The second-order valence-electron chi connectivity index (χ2n) is 4.45. The minimum Gasteiger partial charge on any atom is -0.460 e. The Bertz CT molecular complexity index is 657. The van der Waals surface area contributed by atoms with E-state index in [-0.39, 0.29) is 5.82 Å². The van der Waals surface area contributed by atoms with Gasteiger partial charge in [-0.05, 0) is 18.2 Å². The SMILES string of the molecule is Fc1ccccc1CNCc1cc2ccccc2o1. The number of furan rings is 1. The highest BCUT2D eigenvalue weighted by Gasteiger charge is 2.04. The first kappa shape index (κ1) is 11.9. The van der Waals surface area contributed by atoms with Gasteiger partial charge >= 0.3 is 0 Å². The van der Waals surface area contributed by atoms with E-state index in [1.54, 1.807) is 12.1 Å². The van der Waals surface area contributed by atoms with E-state index in [0.717, 1.165) is 16.7 Å². The van der Waals surface area contributed by atoms with Crippen LogP contribution in [0.2, 0.25) is 0 Å². The summed E-state index contributed by atoms with van der Waals surface area (Å²) < 4.78 is 19.1.